The fourth-order valence-electron chi connectivity index (χ4n) is 4.16. The van der Waals surface area contributed by atoms with Gasteiger partial charge in [-0.25, -0.2) is 4.79 Å². The number of rotatable bonds is 9. The van der Waals surface area contributed by atoms with Crippen molar-refractivity contribution in [2.45, 2.75) is 25.3 Å². The average molecular weight is 472 g/mol. The largest absolute Gasteiger partial charge is 0.467 e. The molecule has 1 atom stereocenters. The van der Waals surface area contributed by atoms with Gasteiger partial charge in [-0.15, -0.1) is 0 Å². The fourth-order valence-corrected chi connectivity index (χ4v) is 4.16. The molecule has 0 spiro atoms. The van der Waals surface area contributed by atoms with Gasteiger partial charge in [0.1, 0.15) is 6.04 Å². The third-order valence-electron chi connectivity index (χ3n) is 5.87. The number of carbonyl (C=O) groups excluding carboxylic acids is 2. The van der Waals surface area contributed by atoms with Crippen molar-refractivity contribution >= 4 is 28.5 Å². The van der Waals surface area contributed by atoms with Gasteiger partial charge in [-0.3, -0.25) is 14.9 Å². The maximum Gasteiger partial charge on any atom is 0.328 e. The second-order valence-corrected chi connectivity index (χ2v) is 8.16. The Morgan fingerprint density at radius 3 is 2.37 bits per heavy atom. The number of nitro groups is 1. The van der Waals surface area contributed by atoms with Crippen LogP contribution in [0.2, 0.25) is 0 Å². The molecule has 4 aromatic rings. The third kappa shape index (κ3) is 5.55. The third-order valence-corrected chi connectivity index (χ3v) is 5.87. The molecule has 8 nitrogen and oxygen atoms in total. The van der Waals surface area contributed by atoms with Crippen LogP contribution < -0.4 is 5.32 Å². The first-order valence-corrected chi connectivity index (χ1v) is 11.2. The minimum absolute atomic E-state index is 0.00973. The first-order chi connectivity index (χ1) is 17.0. The van der Waals surface area contributed by atoms with Crippen molar-refractivity contribution in [2.75, 3.05) is 7.11 Å². The van der Waals surface area contributed by atoms with E-state index in [-0.39, 0.29) is 18.0 Å². The Kier molecular flexibility index (Phi) is 7.21. The summed E-state index contributed by atoms with van der Waals surface area (Å²) in [6, 6.07) is 22.9. The molecule has 1 heterocycles. The number of H-pyrrole nitrogens is 1. The van der Waals surface area contributed by atoms with Crippen LogP contribution in [0, 0.1) is 10.1 Å². The molecule has 3 aromatic carbocycles. The lowest BCUT2D eigenvalue weighted by atomic mass is 10.0. The number of ether oxygens (including phenoxy) is 1. The number of benzene rings is 3. The van der Waals surface area contributed by atoms with Crippen molar-refractivity contribution in [2.24, 2.45) is 0 Å². The highest BCUT2D eigenvalue weighted by Gasteiger charge is 2.23. The number of nitro benzene ring substituents is 1. The summed E-state index contributed by atoms with van der Waals surface area (Å²) in [6.07, 6.45) is 0.838. The van der Waals surface area contributed by atoms with Crippen molar-refractivity contribution < 1.29 is 19.2 Å². The monoisotopic (exact) mass is 471 g/mol. The van der Waals surface area contributed by atoms with Crippen LogP contribution >= 0.6 is 0 Å². The number of aromatic amines is 1. The molecule has 0 aliphatic rings. The number of non-ortho nitro benzene ring substituents is 1. The van der Waals surface area contributed by atoms with Crippen molar-refractivity contribution in [3.05, 3.63) is 100 Å². The Hall–Kier alpha value is -4.46. The molecule has 4 rings (SSSR count). The molecule has 1 amide bonds. The molecular formula is C27H25N3O5. The van der Waals surface area contributed by atoms with Crippen LogP contribution in [0.5, 0.6) is 0 Å². The molecule has 0 aliphatic carbocycles. The number of amides is 1. The van der Waals surface area contributed by atoms with E-state index in [1.165, 1.54) is 19.2 Å². The second-order valence-electron chi connectivity index (χ2n) is 8.16. The molecule has 178 valence electrons. The van der Waals surface area contributed by atoms with Gasteiger partial charge in [-0.05, 0) is 29.2 Å². The first kappa shape index (κ1) is 23.7. The number of carbonyl (C=O) groups is 2. The van der Waals surface area contributed by atoms with Gasteiger partial charge in [0.2, 0.25) is 5.91 Å². The number of fused-ring (bicyclic) bond motifs is 1. The Bertz CT molecular complexity index is 1350. The van der Waals surface area contributed by atoms with Crippen LogP contribution in [0.1, 0.15) is 17.5 Å². The van der Waals surface area contributed by atoms with E-state index in [9.17, 15) is 19.7 Å². The smallest absolute Gasteiger partial charge is 0.328 e. The van der Waals surface area contributed by atoms with Crippen molar-refractivity contribution in [3.63, 3.8) is 0 Å². The molecule has 0 aliphatic heterocycles. The molecule has 35 heavy (non-hydrogen) atoms. The summed E-state index contributed by atoms with van der Waals surface area (Å²) < 4.78 is 4.89. The summed E-state index contributed by atoms with van der Waals surface area (Å²) in [4.78, 5) is 39.2. The van der Waals surface area contributed by atoms with E-state index in [1.807, 2.05) is 60.7 Å². The lowest BCUT2D eigenvalue weighted by Gasteiger charge is -2.17. The maximum absolute atomic E-state index is 12.9. The van der Waals surface area contributed by atoms with Crippen molar-refractivity contribution in [1.82, 2.24) is 10.3 Å². The van der Waals surface area contributed by atoms with Crippen LogP contribution in [0.15, 0.2) is 78.9 Å². The van der Waals surface area contributed by atoms with Gasteiger partial charge in [-0.2, -0.15) is 0 Å². The number of esters is 1. The minimum Gasteiger partial charge on any atom is -0.467 e. The Labute approximate surface area is 202 Å². The zero-order chi connectivity index (χ0) is 24.8. The van der Waals surface area contributed by atoms with E-state index in [0.29, 0.717) is 18.4 Å². The van der Waals surface area contributed by atoms with Gasteiger partial charge in [0.05, 0.1) is 17.5 Å². The first-order valence-electron chi connectivity index (χ1n) is 11.2. The highest BCUT2D eigenvalue weighted by molar-refractivity contribution is 5.93. The predicted octanol–water partition coefficient (Wildman–Crippen LogP) is 4.58. The molecule has 0 saturated carbocycles. The zero-order valence-corrected chi connectivity index (χ0v) is 19.2. The van der Waals surface area contributed by atoms with E-state index >= 15 is 0 Å². The summed E-state index contributed by atoms with van der Waals surface area (Å²) in [5.74, 6) is -0.793. The van der Waals surface area contributed by atoms with Gasteiger partial charge >= 0.3 is 5.97 Å². The quantitative estimate of drug-likeness (QED) is 0.211. The van der Waals surface area contributed by atoms with Gasteiger partial charge < -0.3 is 15.0 Å². The SMILES string of the molecule is COC(=O)C(Cc1ccccc1)NC(=O)CCc1c(-c2ccccc2)[nH]c2cc([N+](=O)[O-])ccc12. The molecular weight excluding hydrogens is 446 g/mol. The Morgan fingerprint density at radius 2 is 1.71 bits per heavy atom. The Balaban J connectivity index is 1.56. The molecule has 0 bridgehead atoms. The number of hydrogen-bond donors (Lipinski definition) is 2. The fraction of sp³-hybridized carbons (Fsp3) is 0.185. The molecule has 0 fully saturated rings. The number of aromatic nitrogens is 1. The van der Waals surface area contributed by atoms with E-state index in [1.54, 1.807) is 6.07 Å². The summed E-state index contributed by atoms with van der Waals surface area (Å²) in [7, 11) is 1.30. The number of methoxy groups -OCH3 is 1. The van der Waals surface area contributed by atoms with E-state index in [2.05, 4.69) is 10.3 Å². The maximum atomic E-state index is 12.9. The topological polar surface area (TPSA) is 114 Å². The summed E-state index contributed by atoms with van der Waals surface area (Å²) in [5.41, 5.74) is 4.14. The number of nitrogens with one attached hydrogen (secondary N) is 2. The van der Waals surface area contributed by atoms with Crippen molar-refractivity contribution in [1.29, 1.82) is 0 Å². The highest BCUT2D eigenvalue weighted by Crippen LogP contribution is 2.33. The molecule has 0 radical (unpaired) electrons. The van der Waals surface area contributed by atoms with Gasteiger partial charge in [0.15, 0.2) is 0 Å². The molecule has 1 unspecified atom stereocenters. The lowest BCUT2D eigenvalue weighted by molar-refractivity contribution is -0.384. The summed E-state index contributed by atoms with van der Waals surface area (Å²) >= 11 is 0. The zero-order valence-electron chi connectivity index (χ0n) is 19.2. The van der Waals surface area contributed by atoms with E-state index < -0.39 is 16.9 Å². The van der Waals surface area contributed by atoms with E-state index in [4.69, 9.17) is 4.74 Å². The van der Waals surface area contributed by atoms with Gasteiger partial charge in [-0.1, -0.05) is 60.7 Å². The second kappa shape index (κ2) is 10.6. The number of aryl methyl sites for hydroxylation is 1. The molecule has 2 N–H and O–H groups in total. The van der Waals surface area contributed by atoms with Crippen LogP contribution in [0.3, 0.4) is 0 Å². The molecule has 8 heteroatoms. The lowest BCUT2D eigenvalue weighted by Crippen LogP contribution is -2.43. The number of nitrogens with zero attached hydrogens (tertiary/aromatic N) is 1. The van der Waals surface area contributed by atoms with Gasteiger partial charge in [0.25, 0.3) is 5.69 Å². The summed E-state index contributed by atoms with van der Waals surface area (Å²) in [5, 5.41) is 14.8. The van der Waals surface area contributed by atoms with Gasteiger partial charge in [0, 0.05) is 36.1 Å². The number of hydrogen-bond acceptors (Lipinski definition) is 5. The van der Waals surface area contributed by atoms with Crippen LogP contribution in [-0.2, 0) is 27.2 Å². The van der Waals surface area contributed by atoms with Crippen LogP contribution in [0.4, 0.5) is 5.69 Å². The van der Waals surface area contributed by atoms with Crippen LogP contribution in [0.25, 0.3) is 22.2 Å². The highest BCUT2D eigenvalue weighted by atomic mass is 16.6. The average Bonchev–Trinajstić information content (AvgIpc) is 3.25. The predicted molar refractivity (Wildman–Crippen MR) is 133 cm³/mol. The molecule has 1 aromatic heterocycles. The normalized spacial score (nSPS) is 11.7. The molecule has 0 saturated heterocycles. The standard InChI is InChI=1S/C27H25N3O5/c1-35-27(32)24(16-18-8-4-2-5-9-18)28-25(31)15-14-22-21-13-12-20(30(33)34)17-23(21)29-26(22)19-10-6-3-7-11-19/h2-13,17,24,29H,14-16H2,1H3,(H,28,31). The minimum atomic E-state index is -0.797. The van der Waals surface area contributed by atoms with E-state index in [0.717, 1.165) is 27.8 Å². The Morgan fingerprint density at radius 1 is 1.03 bits per heavy atom. The van der Waals surface area contributed by atoms with Crippen molar-refractivity contribution in [3.8, 4) is 11.3 Å². The summed E-state index contributed by atoms with van der Waals surface area (Å²) in [6.45, 7) is 0. The van der Waals surface area contributed by atoms with Crippen LogP contribution in [-0.4, -0.2) is 34.9 Å².